The number of amides is 6. The summed E-state index contributed by atoms with van der Waals surface area (Å²) in [5, 5.41) is 39.5. The number of hydrogen-bond acceptors (Lipinski definition) is 16. The largest absolute Gasteiger partial charge is 0.508 e. The average molecular weight is 1480 g/mol. The summed E-state index contributed by atoms with van der Waals surface area (Å²) in [6.45, 7) is 2.34. The molecule has 4 aliphatic rings. The number of carbonyl (C=O) groups excluding carboxylic acids is 9. The van der Waals surface area contributed by atoms with Gasteiger partial charge in [0, 0.05) is 121 Å². The number of likely N-dealkylation sites (tertiary alicyclic amines) is 1. The molecule has 107 heavy (non-hydrogen) atoms. The molecule has 0 spiro atoms. The summed E-state index contributed by atoms with van der Waals surface area (Å²) in [7, 11) is 0.448. The Morgan fingerprint density at radius 1 is 0.682 bits per heavy atom. The first-order valence-corrected chi connectivity index (χ1v) is 39.0. The number of aromatic nitrogens is 2. The minimum absolute atomic E-state index is 0.00849. The highest BCUT2D eigenvalue weighted by Crippen LogP contribution is 2.49. The van der Waals surface area contributed by atoms with Gasteiger partial charge in [-0.3, -0.25) is 57.3 Å². The number of aliphatic imine (C=N–C) groups is 1. The number of unbranched alkanes of at least 4 members (excludes halogenated alkanes) is 1. The van der Waals surface area contributed by atoms with Crippen molar-refractivity contribution in [2.24, 2.45) is 39.9 Å². The number of aromatic amines is 1. The number of pyridine rings is 1. The van der Waals surface area contributed by atoms with Gasteiger partial charge in [0.25, 0.3) is 0 Å². The maximum atomic E-state index is 15.4. The van der Waals surface area contributed by atoms with Gasteiger partial charge in [0.15, 0.2) is 17.5 Å². The molecular formula is C81H103N13O12S. The Bertz CT molecular complexity index is 4190. The monoisotopic (exact) mass is 1480 g/mol. The first-order chi connectivity index (χ1) is 51.6. The third-order valence-electron chi connectivity index (χ3n) is 21.2. The van der Waals surface area contributed by atoms with Gasteiger partial charge in [0.2, 0.25) is 35.4 Å². The molecule has 4 aromatic carbocycles. The van der Waals surface area contributed by atoms with Crippen LogP contribution in [0.25, 0.3) is 16.5 Å². The topological polar surface area (TPSA) is 406 Å². The van der Waals surface area contributed by atoms with Gasteiger partial charge in [0.05, 0.1) is 12.1 Å². The van der Waals surface area contributed by atoms with Gasteiger partial charge < -0.3 is 69.2 Å². The summed E-state index contributed by atoms with van der Waals surface area (Å²) in [6.07, 6.45) is 8.89. The first-order valence-electron chi connectivity index (χ1n) is 37.5. The molecular weight excluding hydrogens is 1380 g/mol. The highest BCUT2D eigenvalue weighted by Gasteiger charge is 2.43. The third-order valence-corrected chi connectivity index (χ3v) is 22.7. The number of aliphatic hydroxyl groups excluding tert-OH is 1. The number of ketones is 3. The van der Waals surface area contributed by atoms with E-state index in [9.17, 15) is 33.6 Å². The van der Waals surface area contributed by atoms with Crippen LogP contribution in [0.4, 0.5) is 0 Å². The molecule has 15 N–H and O–H groups in total. The number of phenolic OH excluding ortho intramolecular Hbond substituents is 1. The Morgan fingerprint density at radius 3 is 2.05 bits per heavy atom. The van der Waals surface area contributed by atoms with Crippen molar-refractivity contribution >= 4 is 86.0 Å². The van der Waals surface area contributed by atoms with E-state index in [0.29, 0.717) is 54.1 Å². The Balaban J connectivity index is 0.975. The predicted molar refractivity (Wildman–Crippen MR) is 410 cm³/mol. The van der Waals surface area contributed by atoms with Gasteiger partial charge in [-0.15, -0.1) is 0 Å². The van der Waals surface area contributed by atoms with Crippen LogP contribution in [0.15, 0.2) is 139 Å². The number of guanidine groups is 1. The van der Waals surface area contributed by atoms with E-state index in [4.69, 9.17) is 17.2 Å². The number of H-pyrrole nitrogens is 1. The lowest BCUT2D eigenvalue weighted by molar-refractivity contribution is -0.136. The maximum absolute atomic E-state index is 15.4. The van der Waals surface area contributed by atoms with Crippen LogP contribution in [0.5, 0.6) is 5.75 Å². The van der Waals surface area contributed by atoms with Gasteiger partial charge in [-0.2, -0.15) is 0 Å². The smallest absolute Gasteiger partial charge is 0.243 e. The standard InChI is InChI=1S/C81H103N13O12S/c1-49(95)75-72(99)44-57(37-51-25-29-59(96)30-26-51)70(97)24-8-4-7-22-64(88-73(100)48-107(106)47-53-38-62-61-20-13-17-54-27-28-55(74(54)61)42-69(62)94(2)46-53)71(98)43-56(18-14-34-86-81(83)84)76(101)90-66(39-50-15-5-3-6-16-50)78(103)91-67(40-52-31-35-85-36-32-52)79(104)92-68(41-58-45-87-63-21-10-9-19-60(58)63)80(105)89-65(77(102)93-75)23-11-12-33-82/h3,5-6,9-10,13,15-17,19-21,25-26,28-32,35-36,45,49,53,56-57,62,64-69,75,87,95-96H,4,7-8,11-12,14,18,22-24,27,33-34,37-44,46-48,82H2,1-2H3,(H,88,100)(H,89,105)(H,90,101)(H,91,103)(H,92,104)(H,93,102)(H4,83,84,86)/t49-,53-,56-,57-,62-,64-,65+,66+,67+,68-,69-,75+,107?/m1/s1. The van der Waals surface area contributed by atoms with Crippen LogP contribution >= 0.6 is 0 Å². The number of allylic oxidation sites excluding steroid dienone is 1. The minimum Gasteiger partial charge on any atom is -0.508 e. The van der Waals surface area contributed by atoms with Crippen molar-refractivity contribution in [1.82, 2.24) is 46.8 Å². The highest BCUT2D eigenvalue weighted by molar-refractivity contribution is 7.85. The molecule has 2 fully saturated rings. The number of nitrogens with one attached hydrogen (secondary N) is 7. The second kappa shape index (κ2) is 38.7. The molecule has 6 amide bonds. The number of rotatable bonds is 22. The number of nitrogens with zero attached hydrogens (tertiary/aromatic N) is 3. The van der Waals surface area contributed by atoms with E-state index in [0.717, 1.165) is 30.2 Å². The summed E-state index contributed by atoms with van der Waals surface area (Å²) in [5.41, 5.74) is 25.9. The Kier molecular flexibility index (Phi) is 28.8. The molecule has 0 bridgehead atoms. The number of Topliss-reactive ketones (excluding diaryl/α,β-unsaturated/α-hetero) is 3. The summed E-state index contributed by atoms with van der Waals surface area (Å²) >= 11 is 0. The second-order valence-electron chi connectivity index (χ2n) is 29.3. The van der Waals surface area contributed by atoms with Crippen LogP contribution < -0.4 is 49.1 Å². The van der Waals surface area contributed by atoms with E-state index in [1.807, 2.05) is 24.3 Å². The average Bonchev–Trinajstić information content (AvgIpc) is 1.69. The molecule has 25 nitrogen and oxygen atoms in total. The number of nitrogens with two attached hydrogens (primary N) is 3. The Labute approximate surface area is 627 Å². The quantitative estimate of drug-likeness (QED) is 0.0244. The van der Waals surface area contributed by atoms with Crippen LogP contribution in [0.2, 0.25) is 0 Å². The van der Waals surface area contributed by atoms with E-state index >= 15 is 24.0 Å². The van der Waals surface area contributed by atoms with E-state index in [1.165, 1.54) is 53.7 Å². The zero-order valence-corrected chi connectivity index (χ0v) is 61.9. The molecule has 13 atom stereocenters. The summed E-state index contributed by atoms with van der Waals surface area (Å²) in [6, 6.07) is 24.0. The van der Waals surface area contributed by atoms with Gasteiger partial charge >= 0.3 is 0 Å². The number of piperidine rings is 1. The van der Waals surface area contributed by atoms with Crippen LogP contribution in [0.3, 0.4) is 0 Å². The fourth-order valence-electron chi connectivity index (χ4n) is 15.7. The number of phenols is 1. The lowest BCUT2D eigenvalue weighted by Crippen LogP contribution is -2.60. The predicted octanol–water partition coefficient (Wildman–Crippen LogP) is 4.89. The van der Waals surface area contributed by atoms with Crippen molar-refractivity contribution in [3.8, 4) is 5.75 Å². The van der Waals surface area contributed by atoms with Gasteiger partial charge in [-0.25, -0.2) is 0 Å². The molecule has 4 heterocycles. The first kappa shape index (κ1) is 79.8. The Morgan fingerprint density at radius 2 is 1.34 bits per heavy atom. The van der Waals surface area contributed by atoms with Crippen molar-refractivity contribution in [3.05, 3.63) is 173 Å². The second-order valence-corrected chi connectivity index (χ2v) is 30.8. The number of fused-ring (bicyclic) bond motifs is 3. The molecule has 2 aromatic heterocycles. The zero-order valence-electron chi connectivity index (χ0n) is 61.1. The zero-order chi connectivity index (χ0) is 76.1. The molecule has 1 unspecified atom stereocenters. The van der Waals surface area contributed by atoms with Crippen LogP contribution in [0.1, 0.15) is 142 Å². The van der Waals surface area contributed by atoms with E-state index < -0.39 is 131 Å². The number of hydrogen-bond donors (Lipinski definition) is 12. The van der Waals surface area contributed by atoms with Crippen LogP contribution in [-0.4, -0.2) is 175 Å². The van der Waals surface area contributed by atoms with Crippen molar-refractivity contribution in [3.63, 3.8) is 0 Å². The SMILES string of the molecule is C[C@@H](O)[C@@H]1NC(=O)[C@H](CCCCN)NC(=O)[C@@H](Cc2c[nH]c3ccccc23)NC(=O)[C@H](Cc2ccncc2)NC(=O)[C@H](Cc2ccccc2)NC(=O)[C@H](CCCN=C(N)N)CC(=O)[C@H](NC(=O)CS(=O)C[C@@H]2C[C@@H]3c4cccc5c4C(=CC5)C[C@H]3N(C)C2)CCCCCC(=O)[C@H](Cc2ccc(O)cc2)CC1=O. The van der Waals surface area contributed by atoms with E-state index in [2.05, 4.69) is 83.1 Å². The molecule has 26 heteroatoms. The molecule has 10 rings (SSSR count). The Hall–Kier alpha value is -9.76. The molecule has 6 aromatic rings. The molecule has 2 aliphatic heterocycles. The summed E-state index contributed by atoms with van der Waals surface area (Å²) in [5.74, 6) is -8.42. The number of aromatic hydroxyl groups is 1. The van der Waals surface area contributed by atoms with Crippen molar-refractivity contribution < 1.29 is 57.6 Å². The maximum Gasteiger partial charge on any atom is 0.243 e. The van der Waals surface area contributed by atoms with Gasteiger partial charge in [0.1, 0.15) is 47.5 Å². The number of benzene rings is 4. The van der Waals surface area contributed by atoms with Crippen molar-refractivity contribution in [2.75, 3.05) is 38.2 Å². The fourth-order valence-corrected chi connectivity index (χ4v) is 16.9. The lowest BCUT2D eigenvalue weighted by atomic mass is 9.70. The van der Waals surface area contributed by atoms with Gasteiger partial charge in [-0.1, -0.05) is 97.8 Å². The molecule has 2 aliphatic carbocycles. The molecule has 0 saturated carbocycles. The number of para-hydroxylation sites is 1. The van der Waals surface area contributed by atoms with Crippen molar-refractivity contribution in [1.29, 1.82) is 0 Å². The minimum atomic E-state index is -1.66. The molecule has 570 valence electrons. The summed E-state index contributed by atoms with van der Waals surface area (Å²) in [4.78, 5) is 149. The number of carbonyl (C=O) groups is 9. The summed E-state index contributed by atoms with van der Waals surface area (Å²) < 4.78 is 14.3. The number of likely N-dealkylation sites (N-methyl/N-ethyl adjacent to an activating group) is 1. The van der Waals surface area contributed by atoms with Crippen molar-refractivity contribution in [2.45, 2.75) is 183 Å². The lowest BCUT2D eigenvalue weighted by Gasteiger charge is -2.46. The normalized spacial score (nSPS) is 24.7. The van der Waals surface area contributed by atoms with E-state index in [1.54, 1.807) is 60.8 Å². The molecule has 0 radical (unpaired) electrons. The fraction of sp³-hybridized carbons (Fsp3) is 0.469. The number of aliphatic hydroxyl groups is 1. The van der Waals surface area contributed by atoms with Gasteiger partial charge in [-0.05, 0) is 172 Å². The van der Waals surface area contributed by atoms with E-state index in [-0.39, 0.29) is 119 Å². The molecule has 2 saturated heterocycles. The van der Waals surface area contributed by atoms with Crippen LogP contribution in [0, 0.1) is 17.8 Å². The third kappa shape index (κ3) is 22.4. The highest BCUT2D eigenvalue weighted by atomic mass is 32.2. The van der Waals surface area contributed by atoms with Crippen LogP contribution in [-0.2, 0) is 86.1 Å².